The number of aliphatic carboxylic acids is 1. The Morgan fingerprint density at radius 2 is 1.65 bits per heavy atom. The van der Waals surface area contributed by atoms with E-state index in [4.69, 9.17) is 0 Å². The maximum Gasteiger partial charge on any atom is 0.330 e. The zero-order chi connectivity index (χ0) is 19.7. The van der Waals surface area contributed by atoms with E-state index in [1.807, 2.05) is 0 Å². The third-order valence-electron chi connectivity index (χ3n) is 3.19. The van der Waals surface area contributed by atoms with Crippen molar-refractivity contribution in [2.24, 2.45) is 0 Å². The first-order valence-electron chi connectivity index (χ1n) is 7.94. The molecule has 0 aliphatic carbocycles. The van der Waals surface area contributed by atoms with Gasteiger partial charge < -0.3 is 15.7 Å². The molecule has 0 unspecified atom stereocenters. The van der Waals surface area contributed by atoms with E-state index < -0.39 is 52.6 Å². The Morgan fingerprint density at radius 1 is 1.04 bits per heavy atom. The molecular formula is C16H23N3O6S. The van der Waals surface area contributed by atoms with Gasteiger partial charge in [0.25, 0.3) is 0 Å². The molecule has 0 saturated carbocycles. The van der Waals surface area contributed by atoms with Gasteiger partial charge >= 0.3 is 5.97 Å². The van der Waals surface area contributed by atoms with Crippen LogP contribution in [-0.2, 0) is 24.4 Å². The number of carboxylic acids is 1. The molecule has 26 heavy (non-hydrogen) atoms. The molecule has 10 heteroatoms. The van der Waals surface area contributed by atoms with Crippen LogP contribution in [-0.4, -0.2) is 49.6 Å². The Morgan fingerprint density at radius 3 is 2.19 bits per heavy atom. The quantitative estimate of drug-likeness (QED) is 0.438. The van der Waals surface area contributed by atoms with Crippen LogP contribution in [0, 0.1) is 0 Å². The lowest BCUT2D eigenvalue weighted by Gasteiger charge is -2.15. The summed E-state index contributed by atoms with van der Waals surface area (Å²) in [5, 5.41) is 14.0. The first-order chi connectivity index (χ1) is 12.1. The molecule has 1 aromatic carbocycles. The minimum Gasteiger partial charge on any atom is -0.479 e. The third kappa shape index (κ3) is 8.08. The molecule has 1 aromatic rings. The lowest BCUT2D eigenvalue weighted by atomic mass is 10.1. The minimum atomic E-state index is -3.85. The number of amides is 2. The van der Waals surface area contributed by atoms with Gasteiger partial charge in [-0.1, -0.05) is 30.3 Å². The third-order valence-corrected chi connectivity index (χ3v) is 4.51. The van der Waals surface area contributed by atoms with Crippen LogP contribution >= 0.6 is 0 Å². The Hall–Kier alpha value is -2.46. The summed E-state index contributed by atoms with van der Waals surface area (Å²) in [6.45, 7) is 3.05. The van der Waals surface area contributed by atoms with E-state index in [9.17, 15) is 27.9 Å². The molecule has 0 spiro atoms. The van der Waals surface area contributed by atoms with E-state index in [1.54, 1.807) is 44.2 Å². The number of benzene rings is 1. The molecule has 1 atom stereocenters. The number of hydrogen-bond acceptors (Lipinski definition) is 5. The second kappa shape index (κ2) is 9.88. The van der Waals surface area contributed by atoms with E-state index in [0.29, 0.717) is 5.56 Å². The van der Waals surface area contributed by atoms with Crippen LogP contribution in [0.25, 0.3) is 0 Å². The molecule has 0 saturated heterocycles. The average Bonchev–Trinajstić information content (AvgIpc) is 2.56. The topological polar surface area (TPSA) is 142 Å². The maximum absolute atomic E-state index is 11.9. The molecule has 2 amide bonds. The summed E-state index contributed by atoms with van der Waals surface area (Å²) in [6, 6.07) is 6.68. The van der Waals surface area contributed by atoms with Gasteiger partial charge in [0.05, 0.1) is 12.3 Å². The van der Waals surface area contributed by atoms with E-state index in [1.165, 1.54) is 0 Å². The van der Waals surface area contributed by atoms with Crippen LogP contribution < -0.4 is 15.4 Å². The van der Waals surface area contributed by atoms with Gasteiger partial charge in [0.15, 0.2) is 6.04 Å². The maximum atomic E-state index is 11.9. The van der Waals surface area contributed by atoms with Crippen molar-refractivity contribution in [2.75, 3.05) is 12.3 Å². The molecule has 9 nitrogen and oxygen atoms in total. The van der Waals surface area contributed by atoms with E-state index in [2.05, 4.69) is 15.4 Å². The van der Waals surface area contributed by atoms with Gasteiger partial charge in [0.1, 0.15) is 0 Å². The van der Waals surface area contributed by atoms with Crippen molar-refractivity contribution in [1.82, 2.24) is 15.4 Å². The first kappa shape index (κ1) is 21.6. The summed E-state index contributed by atoms with van der Waals surface area (Å²) in [4.78, 5) is 34.7. The molecule has 0 bridgehead atoms. The zero-order valence-electron chi connectivity index (χ0n) is 14.6. The molecule has 4 N–H and O–H groups in total. The Kier molecular flexibility index (Phi) is 8.20. The van der Waals surface area contributed by atoms with E-state index in [0.717, 1.165) is 0 Å². The van der Waals surface area contributed by atoms with Crippen molar-refractivity contribution in [3.05, 3.63) is 35.9 Å². The number of hydrogen-bond donors (Lipinski definition) is 4. The highest BCUT2D eigenvalue weighted by atomic mass is 32.2. The van der Waals surface area contributed by atoms with Crippen LogP contribution in [0.3, 0.4) is 0 Å². The Balaban J connectivity index is 2.54. The number of carbonyl (C=O) groups is 3. The lowest BCUT2D eigenvalue weighted by Crippen LogP contribution is -2.41. The second-order valence-corrected chi connectivity index (χ2v) is 7.79. The molecule has 144 valence electrons. The SMILES string of the molecule is CC(C)NC(=O)CNS(=O)(=O)CCC(=O)N[C@H](C(=O)O)c1ccccc1. The first-order valence-corrected chi connectivity index (χ1v) is 9.60. The fourth-order valence-corrected chi connectivity index (χ4v) is 2.96. The largest absolute Gasteiger partial charge is 0.479 e. The van der Waals surface area contributed by atoms with Crippen molar-refractivity contribution in [3.63, 3.8) is 0 Å². The Labute approximate surface area is 152 Å². The van der Waals surface area contributed by atoms with Crippen LogP contribution in [0.2, 0.25) is 0 Å². The van der Waals surface area contributed by atoms with Crippen LogP contribution in [0.15, 0.2) is 30.3 Å². The fourth-order valence-electron chi connectivity index (χ4n) is 2.01. The van der Waals surface area contributed by atoms with Gasteiger partial charge in [-0.3, -0.25) is 9.59 Å². The van der Waals surface area contributed by atoms with Crippen molar-refractivity contribution in [3.8, 4) is 0 Å². The summed E-state index contributed by atoms with van der Waals surface area (Å²) >= 11 is 0. The molecule has 1 rings (SSSR count). The predicted octanol–water partition coefficient (Wildman–Crippen LogP) is -0.237. The van der Waals surface area contributed by atoms with Gasteiger partial charge in [-0.15, -0.1) is 0 Å². The monoisotopic (exact) mass is 385 g/mol. The number of rotatable bonds is 10. The standard InChI is InChI=1S/C16H23N3O6S/c1-11(2)18-14(21)10-17-26(24,25)9-8-13(20)19-15(16(22)23)12-6-4-3-5-7-12/h3-7,11,15,17H,8-10H2,1-2H3,(H,18,21)(H,19,20)(H,22,23)/t15-/m0/s1. The van der Waals surface area contributed by atoms with Gasteiger partial charge in [0, 0.05) is 12.5 Å². The van der Waals surface area contributed by atoms with Crippen LogP contribution in [0.5, 0.6) is 0 Å². The van der Waals surface area contributed by atoms with Gasteiger partial charge in [-0.25, -0.2) is 17.9 Å². The highest BCUT2D eigenvalue weighted by Crippen LogP contribution is 2.12. The molecular weight excluding hydrogens is 362 g/mol. The van der Waals surface area contributed by atoms with Gasteiger partial charge in [-0.05, 0) is 19.4 Å². The van der Waals surface area contributed by atoms with Crippen molar-refractivity contribution in [2.45, 2.75) is 32.4 Å². The highest BCUT2D eigenvalue weighted by molar-refractivity contribution is 7.89. The molecule has 0 heterocycles. The number of nitrogens with one attached hydrogen (secondary N) is 3. The zero-order valence-corrected chi connectivity index (χ0v) is 15.4. The van der Waals surface area contributed by atoms with Crippen LogP contribution in [0.4, 0.5) is 0 Å². The summed E-state index contributed by atoms with van der Waals surface area (Å²) in [7, 11) is -3.85. The molecule has 0 radical (unpaired) electrons. The average molecular weight is 385 g/mol. The molecule has 0 aromatic heterocycles. The normalized spacial score (nSPS) is 12.4. The summed E-state index contributed by atoms with van der Waals surface area (Å²) in [5.41, 5.74) is 0.375. The summed E-state index contributed by atoms with van der Waals surface area (Å²) in [5.74, 6) is -3.02. The van der Waals surface area contributed by atoms with Gasteiger partial charge in [-0.2, -0.15) is 0 Å². The number of carbonyl (C=O) groups excluding carboxylic acids is 2. The van der Waals surface area contributed by atoms with Crippen molar-refractivity contribution in [1.29, 1.82) is 0 Å². The summed E-state index contributed by atoms with van der Waals surface area (Å²) < 4.78 is 25.7. The lowest BCUT2D eigenvalue weighted by molar-refractivity contribution is -0.142. The number of carboxylic acid groups (broad SMARTS) is 1. The molecule has 0 fully saturated rings. The molecule has 0 aliphatic heterocycles. The summed E-state index contributed by atoms with van der Waals surface area (Å²) in [6.07, 6.45) is -0.433. The minimum absolute atomic E-state index is 0.122. The predicted molar refractivity (Wildman–Crippen MR) is 94.6 cm³/mol. The highest BCUT2D eigenvalue weighted by Gasteiger charge is 2.23. The van der Waals surface area contributed by atoms with Crippen molar-refractivity contribution < 1.29 is 27.9 Å². The van der Waals surface area contributed by atoms with E-state index in [-0.39, 0.29) is 6.04 Å². The fraction of sp³-hybridized carbons (Fsp3) is 0.438. The van der Waals surface area contributed by atoms with E-state index >= 15 is 0 Å². The van der Waals surface area contributed by atoms with Crippen LogP contribution in [0.1, 0.15) is 31.9 Å². The van der Waals surface area contributed by atoms with Gasteiger partial charge in [0.2, 0.25) is 21.8 Å². The Bertz CT molecular complexity index is 734. The molecule has 0 aliphatic rings. The number of sulfonamides is 1. The van der Waals surface area contributed by atoms with Crippen molar-refractivity contribution >= 4 is 27.8 Å². The smallest absolute Gasteiger partial charge is 0.330 e. The second-order valence-electron chi connectivity index (χ2n) is 5.86.